The Kier molecular flexibility index (Phi) is 8.42. The first-order chi connectivity index (χ1) is 13.4. The van der Waals surface area contributed by atoms with Crippen LogP contribution in [0.5, 0.6) is 11.5 Å². The number of carbonyl (C=O) groups is 2. The molecule has 0 radical (unpaired) electrons. The van der Waals surface area contributed by atoms with Crippen LogP contribution in [-0.2, 0) is 9.59 Å². The topological polar surface area (TPSA) is 76.7 Å². The largest absolute Gasteiger partial charge is 0.495 e. The third-order valence-corrected chi connectivity index (χ3v) is 4.52. The van der Waals surface area contributed by atoms with Crippen molar-refractivity contribution in [2.24, 2.45) is 0 Å². The van der Waals surface area contributed by atoms with Crippen LogP contribution in [0, 0.1) is 0 Å². The van der Waals surface area contributed by atoms with Gasteiger partial charge in [0.2, 0.25) is 11.8 Å². The minimum atomic E-state index is -0.136. The molecule has 0 aliphatic rings. The number of benzene rings is 2. The van der Waals surface area contributed by atoms with Crippen molar-refractivity contribution < 1.29 is 19.1 Å². The second kappa shape index (κ2) is 10.8. The lowest BCUT2D eigenvalue weighted by molar-refractivity contribution is -0.118. The smallest absolute Gasteiger partial charge is 0.224 e. The third-order valence-electron chi connectivity index (χ3n) is 3.93. The van der Waals surface area contributed by atoms with E-state index < -0.39 is 0 Å². The summed E-state index contributed by atoms with van der Waals surface area (Å²) in [5, 5.41) is 6.40. The van der Waals surface area contributed by atoms with E-state index in [2.05, 4.69) is 10.6 Å². The fourth-order valence-corrected chi connectivity index (χ4v) is 3.02. The maximum atomic E-state index is 12.0. The molecule has 2 rings (SSSR count). The van der Waals surface area contributed by atoms with Crippen molar-refractivity contribution in [2.75, 3.05) is 24.9 Å². The lowest BCUT2D eigenvalue weighted by Gasteiger charge is -2.09. The number of halogens is 2. The molecule has 150 valence electrons. The predicted molar refractivity (Wildman–Crippen MR) is 112 cm³/mol. The van der Waals surface area contributed by atoms with Crippen LogP contribution < -0.4 is 20.1 Å². The van der Waals surface area contributed by atoms with E-state index in [4.69, 9.17) is 32.7 Å². The van der Waals surface area contributed by atoms with Gasteiger partial charge < -0.3 is 20.1 Å². The van der Waals surface area contributed by atoms with Crippen molar-refractivity contribution in [1.82, 2.24) is 0 Å². The van der Waals surface area contributed by atoms with Gasteiger partial charge in [-0.25, -0.2) is 0 Å². The van der Waals surface area contributed by atoms with E-state index in [9.17, 15) is 9.59 Å². The first-order valence-electron chi connectivity index (χ1n) is 8.69. The van der Waals surface area contributed by atoms with Gasteiger partial charge in [-0.2, -0.15) is 0 Å². The number of hydrogen-bond acceptors (Lipinski definition) is 4. The zero-order valence-electron chi connectivity index (χ0n) is 15.7. The number of amides is 2. The molecule has 0 aromatic heterocycles. The van der Waals surface area contributed by atoms with Crippen molar-refractivity contribution in [3.05, 3.63) is 46.4 Å². The number of unbranched alkanes of at least 4 members (excludes halogenated alkanes) is 1. The maximum absolute atomic E-state index is 12.0. The van der Waals surface area contributed by atoms with Crippen LogP contribution in [0.25, 0.3) is 0 Å². The zero-order valence-corrected chi connectivity index (χ0v) is 17.2. The molecule has 6 nitrogen and oxygen atoms in total. The number of rotatable bonds is 9. The SMILES string of the molecule is COc1ccc(NC(=O)CCCCC(=O)Nc2ccc(OC)c(Cl)c2)cc1Cl. The molecule has 0 saturated heterocycles. The van der Waals surface area contributed by atoms with Gasteiger partial charge in [0.15, 0.2) is 0 Å². The van der Waals surface area contributed by atoms with Gasteiger partial charge in [0.05, 0.1) is 24.3 Å². The summed E-state index contributed by atoms with van der Waals surface area (Å²) in [6.45, 7) is 0. The highest BCUT2D eigenvalue weighted by Gasteiger charge is 2.08. The Morgan fingerprint density at radius 2 is 1.18 bits per heavy atom. The van der Waals surface area contributed by atoms with Gasteiger partial charge in [-0.3, -0.25) is 9.59 Å². The molecular formula is C20H22Cl2N2O4. The van der Waals surface area contributed by atoms with Gasteiger partial charge in [0.1, 0.15) is 11.5 Å². The van der Waals surface area contributed by atoms with Crippen LogP contribution in [0.1, 0.15) is 25.7 Å². The number of ether oxygens (including phenoxy) is 2. The molecule has 0 aliphatic heterocycles. The summed E-state index contributed by atoms with van der Waals surface area (Å²) in [5.41, 5.74) is 1.20. The van der Waals surface area contributed by atoms with Crippen LogP contribution in [0.3, 0.4) is 0 Å². The van der Waals surface area contributed by atoms with Crippen molar-refractivity contribution in [1.29, 1.82) is 0 Å². The second-order valence-electron chi connectivity index (χ2n) is 6.00. The zero-order chi connectivity index (χ0) is 20.5. The van der Waals surface area contributed by atoms with Crippen molar-refractivity contribution in [2.45, 2.75) is 25.7 Å². The Morgan fingerprint density at radius 3 is 1.50 bits per heavy atom. The molecule has 2 amide bonds. The molecule has 2 aromatic carbocycles. The third kappa shape index (κ3) is 6.62. The van der Waals surface area contributed by atoms with Gasteiger partial charge in [-0.05, 0) is 49.2 Å². The summed E-state index contributed by atoms with van der Waals surface area (Å²) in [6.07, 6.45) is 1.80. The molecular weight excluding hydrogens is 403 g/mol. The normalized spacial score (nSPS) is 10.3. The van der Waals surface area contributed by atoms with Crippen molar-refractivity contribution >= 4 is 46.4 Å². The standard InChI is InChI=1S/C20H22Cl2N2O4/c1-27-17-9-7-13(11-15(17)21)23-19(25)5-3-4-6-20(26)24-14-8-10-18(28-2)16(22)12-14/h7-12H,3-6H2,1-2H3,(H,23,25)(H,24,26). The Bertz CT molecular complexity index is 773. The quantitative estimate of drug-likeness (QED) is 0.545. The first-order valence-corrected chi connectivity index (χ1v) is 9.45. The summed E-state index contributed by atoms with van der Waals surface area (Å²) >= 11 is 12.1. The average molecular weight is 425 g/mol. The second-order valence-corrected chi connectivity index (χ2v) is 6.82. The molecule has 28 heavy (non-hydrogen) atoms. The minimum Gasteiger partial charge on any atom is -0.495 e. The molecule has 0 unspecified atom stereocenters. The Labute approximate surface area is 174 Å². The molecule has 2 aromatic rings. The Balaban J connectivity index is 1.70. The van der Waals surface area contributed by atoms with Crippen molar-refractivity contribution in [3.63, 3.8) is 0 Å². The van der Waals surface area contributed by atoms with Gasteiger partial charge in [0, 0.05) is 24.2 Å². The van der Waals surface area contributed by atoms with E-state index in [1.165, 1.54) is 14.2 Å². The summed E-state index contributed by atoms with van der Waals surface area (Å²) in [5.74, 6) is 0.819. The Hall–Kier alpha value is -2.44. The number of nitrogens with one attached hydrogen (secondary N) is 2. The molecule has 8 heteroatoms. The van der Waals surface area contributed by atoms with Crippen LogP contribution >= 0.6 is 23.2 Å². The number of methoxy groups -OCH3 is 2. The lowest BCUT2D eigenvalue weighted by atomic mass is 10.1. The van der Waals surface area contributed by atoms with Crippen LogP contribution in [-0.4, -0.2) is 26.0 Å². The predicted octanol–water partition coefficient (Wildman–Crippen LogP) is 5.15. The molecule has 0 atom stereocenters. The van der Waals surface area contributed by atoms with E-state index in [0.717, 1.165) is 0 Å². The van der Waals surface area contributed by atoms with Gasteiger partial charge in [-0.1, -0.05) is 23.2 Å². The maximum Gasteiger partial charge on any atom is 0.224 e. The first kappa shape index (κ1) is 21.9. The number of anilines is 2. The van der Waals surface area contributed by atoms with Crippen LogP contribution in [0.15, 0.2) is 36.4 Å². The summed E-state index contributed by atoms with van der Waals surface area (Å²) in [4.78, 5) is 24.0. The van der Waals surface area contributed by atoms with Gasteiger partial charge in [-0.15, -0.1) is 0 Å². The van der Waals surface area contributed by atoms with E-state index in [1.54, 1.807) is 36.4 Å². The minimum absolute atomic E-state index is 0.136. The van der Waals surface area contributed by atoms with E-state index >= 15 is 0 Å². The average Bonchev–Trinajstić information content (AvgIpc) is 2.65. The van der Waals surface area contributed by atoms with Gasteiger partial charge in [0.25, 0.3) is 0 Å². The number of hydrogen-bond donors (Lipinski definition) is 2. The molecule has 0 aliphatic carbocycles. The molecule has 0 heterocycles. The molecule has 2 N–H and O–H groups in total. The fraction of sp³-hybridized carbons (Fsp3) is 0.300. The van der Waals surface area contributed by atoms with Gasteiger partial charge >= 0.3 is 0 Å². The van der Waals surface area contributed by atoms with Crippen LogP contribution in [0.4, 0.5) is 11.4 Å². The summed E-state index contributed by atoms with van der Waals surface area (Å²) in [6, 6.07) is 10.1. The highest BCUT2D eigenvalue weighted by molar-refractivity contribution is 6.32. The molecule has 0 spiro atoms. The van der Waals surface area contributed by atoms with E-state index in [-0.39, 0.29) is 11.8 Å². The van der Waals surface area contributed by atoms with E-state index in [0.29, 0.717) is 58.6 Å². The Morgan fingerprint density at radius 1 is 0.786 bits per heavy atom. The summed E-state index contributed by atoms with van der Waals surface area (Å²) in [7, 11) is 3.05. The molecule has 0 fully saturated rings. The number of carbonyl (C=O) groups excluding carboxylic acids is 2. The molecule has 0 bridgehead atoms. The highest BCUT2D eigenvalue weighted by Crippen LogP contribution is 2.28. The van der Waals surface area contributed by atoms with E-state index in [1.807, 2.05) is 0 Å². The highest BCUT2D eigenvalue weighted by atomic mass is 35.5. The van der Waals surface area contributed by atoms with Crippen LogP contribution in [0.2, 0.25) is 10.0 Å². The summed E-state index contributed by atoms with van der Waals surface area (Å²) < 4.78 is 10.1. The lowest BCUT2D eigenvalue weighted by Crippen LogP contribution is -2.13. The molecule has 0 saturated carbocycles. The fourth-order valence-electron chi connectivity index (χ4n) is 2.51. The van der Waals surface area contributed by atoms with Crippen molar-refractivity contribution in [3.8, 4) is 11.5 Å². The monoisotopic (exact) mass is 424 g/mol.